The van der Waals surface area contributed by atoms with Gasteiger partial charge in [-0.25, -0.2) is 0 Å². The highest BCUT2D eigenvalue weighted by Crippen LogP contribution is 2.57. The molecule has 3 aliphatic heterocycles. The van der Waals surface area contributed by atoms with Crippen molar-refractivity contribution in [2.24, 2.45) is 5.92 Å². The number of fused-ring (bicyclic) bond motifs is 7. The Morgan fingerprint density at radius 2 is 1.80 bits per heavy atom. The molecule has 2 aromatic rings. The first-order valence-electron chi connectivity index (χ1n) is 15.9. The van der Waals surface area contributed by atoms with Crippen LogP contribution in [0, 0.1) is 12.8 Å². The predicted octanol–water partition coefficient (Wildman–Crippen LogP) is 3.53. The second kappa shape index (κ2) is 11.6. The molecule has 1 saturated heterocycles. The molecule has 4 heterocycles. The highest BCUT2D eigenvalue weighted by molar-refractivity contribution is 6.31. The van der Waals surface area contributed by atoms with Gasteiger partial charge in [0.1, 0.15) is 34.0 Å². The molecule has 0 radical (unpaired) electrons. The highest BCUT2D eigenvalue weighted by atomic mass is 16.5. The number of Topliss-reactive ketones (excluding diaryl/α,β-unsaturated/α-hetero) is 2. The normalized spacial score (nSPS) is 24.0. The van der Waals surface area contributed by atoms with Crippen LogP contribution in [0.15, 0.2) is 46.1 Å². The summed E-state index contributed by atoms with van der Waals surface area (Å²) in [6, 6.07) is 5.37. The van der Waals surface area contributed by atoms with Crippen molar-refractivity contribution in [3.8, 4) is 17.2 Å². The molecule has 3 atom stereocenters. The smallest absolute Gasteiger partial charge is 0.250 e. The van der Waals surface area contributed by atoms with Crippen LogP contribution in [-0.2, 0) is 26.3 Å². The molecule has 1 aromatic carbocycles. The van der Waals surface area contributed by atoms with E-state index >= 15 is 0 Å². The summed E-state index contributed by atoms with van der Waals surface area (Å²) in [6.45, 7) is 8.32. The van der Waals surface area contributed by atoms with Crippen molar-refractivity contribution >= 4 is 23.3 Å². The zero-order valence-corrected chi connectivity index (χ0v) is 26.6. The number of aromatic hydroxyl groups is 2. The SMILES string of the molecule is CC(=O)c1c(O)c(C)c(O)c2c1OC1=CC(=O)/C(=C(/C)NCCCCCC(=O)N3C[C@@H]4C[C@H](C3)c3cccc(=O)n3C4)C(=O)[C@@]12C. The molecule has 6 rings (SSSR count). The van der Waals surface area contributed by atoms with Gasteiger partial charge in [-0.05, 0) is 58.9 Å². The van der Waals surface area contributed by atoms with Gasteiger partial charge in [0, 0.05) is 67.6 Å². The van der Waals surface area contributed by atoms with E-state index in [0.717, 1.165) is 18.5 Å². The number of amides is 1. The average Bonchev–Trinajstić information content (AvgIpc) is 3.30. The third-order valence-corrected chi connectivity index (χ3v) is 10.0. The molecule has 3 N–H and O–H groups in total. The van der Waals surface area contributed by atoms with Gasteiger partial charge in [0.05, 0.1) is 11.1 Å². The van der Waals surface area contributed by atoms with Gasteiger partial charge in [-0.1, -0.05) is 12.5 Å². The summed E-state index contributed by atoms with van der Waals surface area (Å²) < 4.78 is 7.67. The molecule has 1 aromatic heterocycles. The minimum absolute atomic E-state index is 0.00281. The number of piperidine rings is 1. The molecular formula is C35H39N3O8. The maximum atomic E-state index is 13.9. The number of rotatable bonds is 8. The predicted molar refractivity (Wildman–Crippen MR) is 168 cm³/mol. The maximum absolute atomic E-state index is 13.9. The molecule has 2 bridgehead atoms. The lowest BCUT2D eigenvalue weighted by molar-refractivity contribution is -0.134. The Bertz CT molecular complexity index is 1820. The van der Waals surface area contributed by atoms with Crippen LogP contribution >= 0.6 is 0 Å². The number of carbonyl (C=O) groups excluding carboxylic acids is 4. The van der Waals surface area contributed by atoms with E-state index in [4.69, 9.17) is 4.74 Å². The monoisotopic (exact) mass is 629 g/mol. The molecule has 0 spiro atoms. The molecule has 0 saturated carbocycles. The summed E-state index contributed by atoms with van der Waals surface area (Å²) in [7, 11) is 0. The summed E-state index contributed by atoms with van der Waals surface area (Å²) >= 11 is 0. The molecule has 1 aliphatic carbocycles. The summed E-state index contributed by atoms with van der Waals surface area (Å²) in [5.41, 5.74) is -0.235. The molecule has 11 heteroatoms. The Morgan fingerprint density at radius 1 is 1.04 bits per heavy atom. The Balaban J connectivity index is 1.06. The first-order valence-corrected chi connectivity index (χ1v) is 15.9. The number of likely N-dealkylation sites (tertiary alicyclic amines) is 1. The molecule has 242 valence electrons. The van der Waals surface area contributed by atoms with Gasteiger partial charge in [0.25, 0.3) is 5.56 Å². The zero-order chi connectivity index (χ0) is 33.1. The van der Waals surface area contributed by atoms with E-state index in [-0.39, 0.29) is 62.8 Å². The summed E-state index contributed by atoms with van der Waals surface area (Å²) in [5.74, 6) is -1.94. The fourth-order valence-corrected chi connectivity index (χ4v) is 7.56. The summed E-state index contributed by atoms with van der Waals surface area (Å²) in [5, 5.41) is 24.7. The van der Waals surface area contributed by atoms with Crippen LogP contribution in [0.4, 0.5) is 0 Å². The number of hydrogen-bond acceptors (Lipinski definition) is 9. The van der Waals surface area contributed by atoms with E-state index in [9.17, 15) is 34.2 Å². The van der Waals surface area contributed by atoms with Crippen molar-refractivity contribution in [1.82, 2.24) is 14.8 Å². The number of aromatic nitrogens is 1. The number of phenolic OH excluding ortho intramolecular Hbond substituents is 2. The number of nitrogens with zero attached hydrogens (tertiary/aromatic N) is 2. The maximum Gasteiger partial charge on any atom is 0.250 e. The molecular weight excluding hydrogens is 590 g/mol. The molecule has 46 heavy (non-hydrogen) atoms. The number of allylic oxidation sites excluding steroid dienone is 4. The molecule has 1 amide bonds. The lowest BCUT2D eigenvalue weighted by atomic mass is 9.70. The van der Waals surface area contributed by atoms with E-state index in [1.807, 2.05) is 15.5 Å². The van der Waals surface area contributed by atoms with Crippen LogP contribution in [0.1, 0.15) is 86.0 Å². The minimum Gasteiger partial charge on any atom is -0.507 e. The van der Waals surface area contributed by atoms with Crippen molar-refractivity contribution in [2.75, 3.05) is 19.6 Å². The number of pyridine rings is 1. The number of phenols is 2. The zero-order valence-electron chi connectivity index (χ0n) is 26.6. The molecule has 1 fully saturated rings. The van der Waals surface area contributed by atoms with Gasteiger partial charge in [0.2, 0.25) is 5.91 Å². The van der Waals surface area contributed by atoms with Gasteiger partial charge in [-0.15, -0.1) is 0 Å². The number of ether oxygens (including phenoxy) is 1. The molecule has 0 unspecified atom stereocenters. The van der Waals surface area contributed by atoms with Crippen molar-refractivity contribution in [3.05, 3.63) is 74.0 Å². The Hall–Kier alpha value is -4.67. The Morgan fingerprint density at radius 3 is 2.54 bits per heavy atom. The highest BCUT2D eigenvalue weighted by Gasteiger charge is 2.56. The Labute approximate surface area is 266 Å². The quantitative estimate of drug-likeness (QED) is 0.172. The number of benzene rings is 1. The van der Waals surface area contributed by atoms with E-state index < -0.39 is 28.5 Å². The summed E-state index contributed by atoms with van der Waals surface area (Å²) in [6.07, 6.45) is 4.83. The fourth-order valence-electron chi connectivity index (χ4n) is 7.56. The van der Waals surface area contributed by atoms with Gasteiger partial charge in [-0.3, -0.25) is 24.0 Å². The van der Waals surface area contributed by atoms with Gasteiger partial charge in [0.15, 0.2) is 17.3 Å². The number of nitrogens with one attached hydrogen (secondary N) is 1. The van der Waals surface area contributed by atoms with E-state index in [1.165, 1.54) is 26.8 Å². The van der Waals surface area contributed by atoms with Crippen molar-refractivity contribution in [2.45, 2.75) is 77.7 Å². The second-order valence-electron chi connectivity index (χ2n) is 13.1. The van der Waals surface area contributed by atoms with Crippen LogP contribution in [0.5, 0.6) is 17.2 Å². The number of carbonyl (C=O) groups is 4. The lowest BCUT2D eigenvalue weighted by Crippen LogP contribution is -2.49. The van der Waals surface area contributed by atoms with Crippen LogP contribution < -0.4 is 15.6 Å². The van der Waals surface area contributed by atoms with Gasteiger partial charge < -0.3 is 29.7 Å². The second-order valence-corrected chi connectivity index (χ2v) is 13.1. The molecule has 4 aliphatic rings. The first-order chi connectivity index (χ1) is 21.8. The Kier molecular flexibility index (Phi) is 7.90. The topological polar surface area (TPSA) is 155 Å². The number of hydrogen-bond donors (Lipinski definition) is 3. The number of unbranched alkanes of at least 4 members (excludes halogenated alkanes) is 2. The standard InChI is InChI=1S/C35H39N3O8/c1-18-31(43)29(20(3)39)33-30(32(18)44)35(4)25(46-33)14-24(40)28(34(35)45)19(2)36-12-7-5-6-10-26(41)37-15-21-13-22(17-37)23-9-8-11-27(42)38(23)16-21/h8-9,11,14,21-22,36,43-44H,5-7,10,12-13,15-17H2,1-4H3/b28-19+/t21-,22+,35-/m0/s1. The third-order valence-electron chi connectivity index (χ3n) is 10.0. The van der Waals surface area contributed by atoms with Crippen LogP contribution in [0.3, 0.4) is 0 Å². The van der Waals surface area contributed by atoms with E-state index in [0.29, 0.717) is 51.1 Å². The van der Waals surface area contributed by atoms with Gasteiger partial charge in [-0.2, -0.15) is 0 Å². The van der Waals surface area contributed by atoms with Crippen LogP contribution in [-0.4, -0.2) is 62.6 Å². The largest absolute Gasteiger partial charge is 0.507 e. The minimum atomic E-state index is -1.56. The van der Waals surface area contributed by atoms with Crippen molar-refractivity contribution in [3.63, 3.8) is 0 Å². The van der Waals surface area contributed by atoms with E-state index in [2.05, 4.69) is 5.32 Å². The van der Waals surface area contributed by atoms with Gasteiger partial charge >= 0.3 is 0 Å². The fraction of sp³-hybridized carbons (Fsp3) is 0.457. The van der Waals surface area contributed by atoms with Crippen molar-refractivity contribution in [1.29, 1.82) is 0 Å². The van der Waals surface area contributed by atoms with Crippen molar-refractivity contribution < 1.29 is 34.1 Å². The first kappa shape index (κ1) is 31.3. The molecule has 11 nitrogen and oxygen atoms in total. The van der Waals surface area contributed by atoms with Crippen LogP contribution in [0.25, 0.3) is 0 Å². The lowest BCUT2D eigenvalue weighted by Gasteiger charge is -2.42. The summed E-state index contributed by atoms with van der Waals surface area (Å²) in [4.78, 5) is 66.7. The number of ketones is 3. The van der Waals surface area contributed by atoms with E-state index in [1.54, 1.807) is 19.1 Å². The average molecular weight is 630 g/mol. The third kappa shape index (κ3) is 4.92. The van der Waals surface area contributed by atoms with Crippen LogP contribution in [0.2, 0.25) is 0 Å².